The van der Waals surface area contributed by atoms with E-state index in [1.165, 1.54) is 0 Å². The van der Waals surface area contributed by atoms with Gasteiger partial charge in [0, 0.05) is 12.0 Å². The number of hydrogen-bond donors (Lipinski definition) is 2. The minimum absolute atomic E-state index is 0.0444. The molecule has 0 aromatic heterocycles. The van der Waals surface area contributed by atoms with Crippen molar-refractivity contribution in [3.05, 3.63) is 0 Å². The number of carbonyl (C=O) groups is 1. The molecule has 150 valence electrons. The largest absolute Gasteiger partial charge is 0.481 e. The summed E-state index contributed by atoms with van der Waals surface area (Å²) in [7, 11) is 0. The van der Waals surface area contributed by atoms with Gasteiger partial charge in [-0.2, -0.15) is 0 Å². The monoisotopic (exact) mass is 363 g/mol. The summed E-state index contributed by atoms with van der Waals surface area (Å²) < 4.78 is 21.8. The van der Waals surface area contributed by atoms with Crippen LogP contribution in [0.3, 0.4) is 0 Å². The second kappa shape index (κ2) is 13.5. The lowest BCUT2D eigenvalue weighted by Gasteiger charge is -2.25. The molecule has 0 heterocycles. The van der Waals surface area contributed by atoms with Crippen molar-refractivity contribution in [1.29, 1.82) is 0 Å². The van der Waals surface area contributed by atoms with Gasteiger partial charge in [-0.25, -0.2) is 0 Å². The van der Waals surface area contributed by atoms with E-state index in [4.69, 9.17) is 29.8 Å². The zero-order valence-electron chi connectivity index (χ0n) is 16.3. The van der Waals surface area contributed by atoms with Crippen LogP contribution in [0.4, 0.5) is 0 Å². The van der Waals surface area contributed by atoms with E-state index in [9.17, 15) is 4.79 Å². The van der Waals surface area contributed by atoms with Crippen molar-refractivity contribution in [1.82, 2.24) is 0 Å². The number of hydrogen-bond acceptors (Lipinski definition) is 6. The van der Waals surface area contributed by atoms with Crippen LogP contribution in [0.2, 0.25) is 0 Å². The fourth-order valence-corrected chi connectivity index (χ4v) is 1.72. The Morgan fingerprint density at radius 1 is 0.880 bits per heavy atom. The molecular formula is C18H37NO6. The lowest BCUT2D eigenvalue weighted by molar-refractivity contribution is -0.148. The van der Waals surface area contributed by atoms with Crippen LogP contribution >= 0.6 is 0 Å². The maximum Gasteiger partial charge on any atom is 0.309 e. The number of carboxylic acids is 1. The normalized spacial score (nSPS) is 14.4. The van der Waals surface area contributed by atoms with E-state index < -0.39 is 11.4 Å². The summed E-state index contributed by atoms with van der Waals surface area (Å²) in [5.41, 5.74) is 5.02. The summed E-state index contributed by atoms with van der Waals surface area (Å²) in [6.07, 6.45) is 1.47. The second-order valence-corrected chi connectivity index (χ2v) is 7.20. The standard InChI is InChI=1S/C18H37NO6/c1-5-18(4,14-19)15-25-13-12-24-11-10-23-9-8-22-7-6-17(2,3)16(20)21/h5-15,19H2,1-4H3,(H,20,21). The van der Waals surface area contributed by atoms with E-state index in [2.05, 4.69) is 13.8 Å². The molecule has 1 unspecified atom stereocenters. The average molecular weight is 363 g/mol. The topological polar surface area (TPSA) is 100 Å². The summed E-state index contributed by atoms with van der Waals surface area (Å²) in [4.78, 5) is 10.9. The first kappa shape index (κ1) is 24.3. The Balaban J connectivity index is 3.34. The minimum atomic E-state index is -0.809. The summed E-state index contributed by atoms with van der Waals surface area (Å²) in [5.74, 6) is -0.809. The lowest BCUT2D eigenvalue weighted by atomic mass is 9.89. The third-order valence-corrected chi connectivity index (χ3v) is 4.36. The van der Waals surface area contributed by atoms with Crippen LogP contribution in [0.5, 0.6) is 0 Å². The average Bonchev–Trinajstić information content (AvgIpc) is 2.58. The fraction of sp³-hybridized carbons (Fsp3) is 0.944. The van der Waals surface area contributed by atoms with Gasteiger partial charge in [0.05, 0.1) is 51.7 Å². The molecule has 0 amide bonds. The molecule has 0 bridgehead atoms. The molecule has 25 heavy (non-hydrogen) atoms. The number of aliphatic carboxylic acids is 1. The molecular weight excluding hydrogens is 326 g/mol. The Bertz CT molecular complexity index is 344. The lowest BCUT2D eigenvalue weighted by Crippen LogP contribution is -2.32. The molecule has 0 rings (SSSR count). The highest BCUT2D eigenvalue weighted by Gasteiger charge is 2.26. The molecule has 0 fully saturated rings. The van der Waals surface area contributed by atoms with Gasteiger partial charge in [-0.05, 0) is 33.2 Å². The molecule has 0 aromatic rings. The molecule has 0 aliphatic heterocycles. The van der Waals surface area contributed by atoms with Crippen molar-refractivity contribution in [2.24, 2.45) is 16.6 Å². The molecule has 0 aliphatic rings. The highest BCUT2D eigenvalue weighted by atomic mass is 16.6. The Hall–Kier alpha value is -0.730. The van der Waals surface area contributed by atoms with E-state index in [1.54, 1.807) is 13.8 Å². The van der Waals surface area contributed by atoms with Crippen LogP contribution in [0.15, 0.2) is 0 Å². The third-order valence-electron chi connectivity index (χ3n) is 4.36. The predicted octanol–water partition coefficient (Wildman–Crippen LogP) is 1.93. The van der Waals surface area contributed by atoms with Crippen LogP contribution in [0.25, 0.3) is 0 Å². The van der Waals surface area contributed by atoms with Crippen LogP contribution in [0, 0.1) is 10.8 Å². The highest BCUT2D eigenvalue weighted by molar-refractivity contribution is 5.73. The molecule has 0 aromatic carbocycles. The number of ether oxygens (including phenoxy) is 4. The SMILES string of the molecule is CCC(C)(CN)COCCOCCOCCOCCC(C)(C)C(=O)O. The first-order valence-electron chi connectivity index (χ1n) is 9.02. The van der Waals surface area contributed by atoms with Crippen molar-refractivity contribution in [2.45, 2.75) is 40.5 Å². The van der Waals surface area contributed by atoms with Gasteiger partial charge in [0.2, 0.25) is 0 Å². The molecule has 0 saturated heterocycles. The maximum absolute atomic E-state index is 10.9. The third kappa shape index (κ3) is 12.3. The first-order valence-corrected chi connectivity index (χ1v) is 9.02. The summed E-state index contributed by atoms with van der Waals surface area (Å²) in [6.45, 7) is 12.3. The Labute approximate surface area is 152 Å². The van der Waals surface area contributed by atoms with Gasteiger partial charge >= 0.3 is 5.97 Å². The molecule has 7 heteroatoms. The predicted molar refractivity (Wildman–Crippen MR) is 96.8 cm³/mol. The molecule has 1 atom stereocenters. The number of nitrogens with two attached hydrogens (primary N) is 1. The molecule has 3 N–H and O–H groups in total. The summed E-state index contributed by atoms with van der Waals surface area (Å²) in [6, 6.07) is 0. The molecule has 0 radical (unpaired) electrons. The van der Waals surface area contributed by atoms with E-state index in [-0.39, 0.29) is 5.41 Å². The maximum atomic E-state index is 10.9. The van der Waals surface area contributed by atoms with Gasteiger partial charge in [0.25, 0.3) is 0 Å². The highest BCUT2D eigenvalue weighted by Crippen LogP contribution is 2.20. The fourth-order valence-electron chi connectivity index (χ4n) is 1.72. The van der Waals surface area contributed by atoms with Crippen molar-refractivity contribution < 1.29 is 28.8 Å². The first-order chi connectivity index (χ1) is 11.8. The van der Waals surface area contributed by atoms with Crippen molar-refractivity contribution in [3.8, 4) is 0 Å². The summed E-state index contributed by atoms with van der Waals surface area (Å²) >= 11 is 0. The van der Waals surface area contributed by atoms with Gasteiger partial charge in [0.15, 0.2) is 0 Å². The molecule has 7 nitrogen and oxygen atoms in total. The zero-order chi connectivity index (χ0) is 19.2. The Kier molecular flexibility index (Phi) is 13.1. The van der Waals surface area contributed by atoms with Gasteiger partial charge in [-0.1, -0.05) is 13.8 Å². The minimum Gasteiger partial charge on any atom is -0.481 e. The number of carboxylic acid groups (broad SMARTS) is 1. The van der Waals surface area contributed by atoms with Gasteiger partial charge in [-0.3, -0.25) is 4.79 Å². The Morgan fingerprint density at radius 3 is 1.72 bits per heavy atom. The zero-order valence-corrected chi connectivity index (χ0v) is 16.3. The van der Waals surface area contributed by atoms with Crippen LogP contribution < -0.4 is 5.73 Å². The van der Waals surface area contributed by atoms with Crippen molar-refractivity contribution in [2.75, 3.05) is 59.4 Å². The second-order valence-electron chi connectivity index (χ2n) is 7.20. The summed E-state index contributed by atoms with van der Waals surface area (Å²) in [5, 5.41) is 8.97. The Morgan fingerprint density at radius 2 is 1.32 bits per heavy atom. The number of rotatable bonds is 17. The van der Waals surface area contributed by atoms with Gasteiger partial charge in [0.1, 0.15) is 0 Å². The van der Waals surface area contributed by atoms with E-state index in [0.29, 0.717) is 65.8 Å². The molecule has 0 aliphatic carbocycles. The van der Waals surface area contributed by atoms with E-state index >= 15 is 0 Å². The van der Waals surface area contributed by atoms with Gasteiger partial charge in [-0.15, -0.1) is 0 Å². The quantitative estimate of drug-likeness (QED) is 0.381. The van der Waals surface area contributed by atoms with Crippen LogP contribution in [0.1, 0.15) is 40.5 Å². The van der Waals surface area contributed by atoms with Crippen LogP contribution in [-0.2, 0) is 23.7 Å². The van der Waals surface area contributed by atoms with Gasteiger partial charge < -0.3 is 29.8 Å². The van der Waals surface area contributed by atoms with Crippen LogP contribution in [-0.4, -0.2) is 70.5 Å². The van der Waals surface area contributed by atoms with E-state index in [1.807, 2.05) is 0 Å². The smallest absolute Gasteiger partial charge is 0.309 e. The van der Waals surface area contributed by atoms with Crippen molar-refractivity contribution in [3.63, 3.8) is 0 Å². The van der Waals surface area contributed by atoms with E-state index in [0.717, 1.165) is 6.42 Å². The molecule has 0 spiro atoms. The molecule has 0 saturated carbocycles. The van der Waals surface area contributed by atoms with Crippen molar-refractivity contribution >= 4 is 5.97 Å².